The number of ether oxygens (including phenoxy) is 2. The van der Waals surface area contributed by atoms with Crippen molar-refractivity contribution in [2.75, 3.05) is 6.79 Å². The zero-order valence-corrected chi connectivity index (χ0v) is 15.5. The van der Waals surface area contributed by atoms with E-state index < -0.39 is 0 Å². The monoisotopic (exact) mass is 357 g/mol. The summed E-state index contributed by atoms with van der Waals surface area (Å²) < 4.78 is 10.9. The standard InChI is InChI=1S/C20H23NO3S/c1-13-9-19(25-14(13)2)20(22)21(16-5-3-4-6-16)11-15-7-8-17-18(10-15)24-12-23-17/h7-10,16H,3-6,11-12H2,1-2H3. The highest BCUT2D eigenvalue weighted by atomic mass is 32.1. The largest absolute Gasteiger partial charge is 0.454 e. The van der Waals surface area contributed by atoms with Crippen LogP contribution >= 0.6 is 11.3 Å². The number of carbonyl (C=O) groups is 1. The van der Waals surface area contributed by atoms with Gasteiger partial charge >= 0.3 is 0 Å². The Morgan fingerprint density at radius 3 is 2.64 bits per heavy atom. The third kappa shape index (κ3) is 3.25. The number of fused-ring (bicyclic) bond motifs is 1. The molecule has 0 atom stereocenters. The van der Waals surface area contributed by atoms with Crippen molar-refractivity contribution in [3.63, 3.8) is 0 Å². The highest BCUT2D eigenvalue weighted by molar-refractivity contribution is 7.14. The molecule has 25 heavy (non-hydrogen) atoms. The van der Waals surface area contributed by atoms with Crippen LogP contribution in [0.2, 0.25) is 0 Å². The van der Waals surface area contributed by atoms with Gasteiger partial charge in [0.05, 0.1) is 4.88 Å². The molecule has 1 aromatic carbocycles. The molecule has 1 fully saturated rings. The fourth-order valence-electron chi connectivity index (χ4n) is 3.64. The van der Waals surface area contributed by atoms with Gasteiger partial charge in [0.25, 0.3) is 5.91 Å². The molecule has 0 unspecified atom stereocenters. The Labute approximate surface area is 152 Å². The number of nitrogens with zero attached hydrogens (tertiary/aromatic N) is 1. The molecular weight excluding hydrogens is 334 g/mol. The van der Waals surface area contributed by atoms with Crippen LogP contribution in [0.25, 0.3) is 0 Å². The van der Waals surface area contributed by atoms with Gasteiger partial charge in [0.2, 0.25) is 6.79 Å². The van der Waals surface area contributed by atoms with Gasteiger partial charge in [0.1, 0.15) is 0 Å². The van der Waals surface area contributed by atoms with Crippen molar-refractivity contribution in [2.24, 2.45) is 0 Å². The van der Waals surface area contributed by atoms with Crippen molar-refractivity contribution >= 4 is 17.2 Å². The molecule has 2 heterocycles. The minimum Gasteiger partial charge on any atom is -0.454 e. The van der Waals surface area contributed by atoms with E-state index in [4.69, 9.17) is 9.47 Å². The van der Waals surface area contributed by atoms with Gasteiger partial charge in [-0.15, -0.1) is 11.3 Å². The van der Waals surface area contributed by atoms with Crippen molar-refractivity contribution in [3.05, 3.63) is 45.1 Å². The van der Waals surface area contributed by atoms with Gasteiger partial charge in [-0.05, 0) is 56.0 Å². The SMILES string of the molecule is Cc1cc(C(=O)N(Cc2ccc3c(c2)OCO3)C2CCCC2)sc1C. The van der Waals surface area contributed by atoms with Gasteiger partial charge < -0.3 is 14.4 Å². The molecule has 5 heteroatoms. The molecule has 132 valence electrons. The minimum absolute atomic E-state index is 0.158. The summed E-state index contributed by atoms with van der Waals surface area (Å²) in [4.78, 5) is 17.4. The first kappa shape index (κ1) is 16.5. The van der Waals surface area contributed by atoms with Gasteiger partial charge in [-0.25, -0.2) is 0 Å². The van der Waals surface area contributed by atoms with Gasteiger partial charge in [-0.2, -0.15) is 0 Å². The number of carbonyl (C=O) groups excluding carboxylic acids is 1. The van der Waals surface area contributed by atoms with E-state index in [0.717, 1.165) is 34.8 Å². The quantitative estimate of drug-likeness (QED) is 0.797. The summed E-state index contributed by atoms with van der Waals surface area (Å²) in [6.07, 6.45) is 4.61. The molecule has 1 aliphatic carbocycles. The zero-order chi connectivity index (χ0) is 17.4. The van der Waals surface area contributed by atoms with Crippen LogP contribution in [-0.2, 0) is 6.54 Å². The van der Waals surface area contributed by atoms with Crippen molar-refractivity contribution < 1.29 is 14.3 Å². The molecule has 2 aliphatic rings. The average molecular weight is 357 g/mol. The predicted molar refractivity (Wildman–Crippen MR) is 98.5 cm³/mol. The number of rotatable bonds is 4. The summed E-state index contributed by atoms with van der Waals surface area (Å²) in [6, 6.07) is 8.34. The first-order chi connectivity index (χ1) is 12.1. The van der Waals surface area contributed by atoms with E-state index in [0.29, 0.717) is 12.6 Å². The molecule has 0 saturated heterocycles. The zero-order valence-electron chi connectivity index (χ0n) is 14.7. The predicted octanol–water partition coefficient (Wildman–Crippen LogP) is 4.68. The summed E-state index contributed by atoms with van der Waals surface area (Å²) in [5.41, 5.74) is 2.29. The Bertz CT molecular complexity index is 773. The van der Waals surface area contributed by atoms with Crippen LogP contribution < -0.4 is 9.47 Å². The molecule has 1 aliphatic heterocycles. The van der Waals surface area contributed by atoms with E-state index in [9.17, 15) is 4.79 Å². The molecule has 1 aromatic heterocycles. The van der Waals surface area contributed by atoms with Crippen LogP contribution in [0.5, 0.6) is 11.5 Å². The highest BCUT2D eigenvalue weighted by Gasteiger charge is 2.29. The fourth-order valence-corrected chi connectivity index (χ4v) is 4.63. The van der Waals surface area contributed by atoms with Crippen LogP contribution in [0.4, 0.5) is 0 Å². The average Bonchev–Trinajstić information content (AvgIpc) is 3.33. The lowest BCUT2D eigenvalue weighted by Crippen LogP contribution is -2.37. The molecular formula is C20H23NO3S. The molecule has 0 spiro atoms. The third-order valence-electron chi connectivity index (χ3n) is 5.19. The number of hydrogen-bond donors (Lipinski definition) is 0. The van der Waals surface area contributed by atoms with Gasteiger partial charge in [0, 0.05) is 17.5 Å². The van der Waals surface area contributed by atoms with Crippen molar-refractivity contribution in [1.82, 2.24) is 4.90 Å². The van der Waals surface area contributed by atoms with E-state index in [2.05, 4.69) is 18.7 Å². The Hall–Kier alpha value is -2.01. The second kappa shape index (κ2) is 6.71. The van der Waals surface area contributed by atoms with E-state index >= 15 is 0 Å². The van der Waals surface area contributed by atoms with Gasteiger partial charge in [0.15, 0.2) is 11.5 Å². The van der Waals surface area contributed by atoms with E-state index in [-0.39, 0.29) is 12.7 Å². The van der Waals surface area contributed by atoms with Crippen LogP contribution in [-0.4, -0.2) is 23.6 Å². The first-order valence-electron chi connectivity index (χ1n) is 8.88. The highest BCUT2D eigenvalue weighted by Crippen LogP contribution is 2.34. The maximum absolute atomic E-state index is 13.2. The molecule has 0 N–H and O–H groups in total. The molecule has 0 radical (unpaired) electrons. The molecule has 1 amide bonds. The van der Waals surface area contributed by atoms with Crippen molar-refractivity contribution in [1.29, 1.82) is 0 Å². The van der Waals surface area contributed by atoms with E-state index in [1.165, 1.54) is 23.3 Å². The summed E-state index contributed by atoms with van der Waals surface area (Å²) in [5.74, 6) is 1.72. The Morgan fingerprint density at radius 2 is 1.92 bits per heavy atom. The summed E-state index contributed by atoms with van der Waals surface area (Å²) >= 11 is 1.60. The molecule has 4 rings (SSSR count). The lowest BCUT2D eigenvalue weighted by atomic mass is 10.1. The third-order valence-corrected chi connectivity index (χ3v) is 6.33. The molecule has 0 bridgehead atoms. The summed E-state index contributed by atoms with van der Waals surface area (Å²) in [6.45, 7) is 5.04. The molecule has 2 aromatic rings. The second-order valence-electron chi connectivity index (χ2n) is 6.91. The van der Waals surface area contributed by atoms with Gasteiger partial charge in [-0.1, -0.05) is 18.9 Å². The number of thiophene rings is 1. The lowest BCUT2D eigenvalue weighted by Gasteiger charge is -2.29. The van der Waals surface area contributed by atoms with E-state index in [1.807, 2.05) is 24.3 Å². The van der Waals surface area contributed by atoms with Crippen LogP contribution in [0.15, 0.2) is 24.3 Å². The molecule has 4 nitrogen and oxygen atoms in total. The number of aryl methyl sites for hydroxylation is 2. The normalized spacial score (nSPS) is 16.4. The Balaban J connectivity index is 1.60. The lowest BCUT2D eigenvalue weighted by molar-refractivity contribution is 0.0669. The van der Waals surface area contributed by atoms with Crippen LogP contribution in [0.3, 0.4) is 0 Å². The number of benzene rings is 1. The Morgan fingerprint density at radius 1 is 1.16 bits per heavy atom. The van der Waals surface area contributed by atoms with Crippen LogP contribution in [0.1, 0.15) is 51.4 Å². The number of hydrogen-bond acceptors (Lipinski definition) is 4. The topological polar surface area (TPSA) is 38.8 Å². The fraction of sp³-hybridized carbons (Fsp3) is 0.450. The first-order valence-corrected chi connectivity index (χ1v) is 9.70. The Kier molecular flexibility index (Phi) is 4.42. The maximum atomic E-state index is 13.2. The molecule has 1 saturated carbocycles. The summed E-state index contributed by atoms with van der Waals surface area (Å²) in [7, 11) is 0. The smallest absolute Gasteiger partial charge is 0.264 e. The maximum Gasteiger partial charge on any atom is 0.264 e. The van der Waals surface area contributed by atoms with E-state index in [1.54, 1.807) is 11.3 Å². The van der Waals surface area contributed by atoms with Crippen molar-refractivity contribution in [3.8, 4) is 11.5 Å². The second-order valence-corrected chi connectivity index (χ2v) is 8.17. The van der Waals surface area contributed by atoms with Gasteiger partial charge in [-0.3, -0.25) is 4.79 Å². The van der Waals surface area contributed by atoms with Crippen LogP contribution in [0, 0.1) is 13.8 Å². The van der Waals surface area contributed by atoms with Crippen molar-refractivity contribution in [2.45, 2.75) is 52.1 Å². The summed E-state index contributed by atoms with van der Waals surface area (Å²) in [5, 5.41) is 0. The minimum atomic E-state index is 0.158. The number of amides is 1.